The summed E-state index contributed by atoms with van der Waals surface area (Å²) in [5.74, 6) is 0. The molecule has 0 amide bonds. The summed E-state index contributed by atoms with van der Waals surface area (Å²) in [7, 11) is 0. The normalized spacial score (nSPS) is 18.4. The zero-order chi connectivity index (χ0) is 20.5. The van der Waals surface area contributed by atoms with Gasteiger partial charge in [-0.25, -0.2) is 0 Å². The number of aromatic nitrogens is 2. The fourth-order valence-corrected chi connectivity index (χ4v) is 4.44. The van der Waals surface area contributed by atoms with Crippen LogP contribution in [0.5, 0.6) is 0 Å². The standard InChI is InChI=1S/C25H22N4S/c1-18-8-7-11-21(16-18)29-24(23(27-25(29)30)22-12-5-6-14-26-22)19-13-15-28(17-19)20-9-3-2-4-10-20/h2-17,23-24H,1H3,(H,27,30). The number of thiocarbonyl (C=S) groups is 1. The number of benzene rings is 2. The van der Waals surface area contributed by atoms with Gasteiger partial charge < -0.3 is 14.8 Å². The van der Waals surface area contributed by atoms with Gasteiger partial charge in [0.2, 0.25) is 0 Å². The topological polar surface area (TPSA) is 33.1 Å². The molecular formula is C25H22N4S. The lowest BCUT2D eigenvalue weighted by Gasteiger charge is -2.27. The molecule has 2 aromatic heterocycles. The van der Waals surface area contributed by atoms with Gasteiger partial charge in [0, 0.05) is 30.0 Å². The smallest absolute Gasteiger partial charge is 0.174 e. The average Bonchev–Trinajstić information content (AvgIpc) is 3.39. The summed E-state index contributed by atoms with van der Waals surface area (Å²) in [5.41, 5.74) is 5.59. The maximum Gasteiger partial charge on any atom is 0.174 e. The van der Waals surface area contributed by atoms with Crippen LogP contribution in [0.25, 0.3) is 5.69 Å². The number of pyridine rings is 1. The molecule has 4 aromatic rings. The molecule has 0 bridgehead atoms. The Bertz CT molecular complexity index is 1170. The predicted molar refractivity (Wildman–Crippen MR) is 125 cm³/mol. The zero-order valence-corrected chi connectivity index (χ0v) is 17.5. The first-order chi connectivity index (χ1) is 14.7. The number of nitrogens with zero attached hydrogens (tertiary/aromatic N) is 3. The Balaban J connectivity index is 1.61. The molecule has 1 fully saturated rings. The van der Waals surface area contributed by atoms with Crippen LogP contribution in [-0.2, 0) is 0 Å². The van der Waals surface area contributed by atoms with Crippen molar-refractivity contribution in [2.75, 3.05) is 4.90 Å². The van der Waals surface area contributed by atoms with E-state index >= 15 is 0 Å². The SMILES string of the molecule is Cc1cccc(N2C(=S)NC(c3ccccn3)C2c2ccn(-c3ccccc3)c2)c1. The van der Waals surface area contributed by atoms with Crippen molar-refractivity contribution in [2.45, 2.75) is 19.0 Å². The molecule has 1 aliphatic rings. The molecule has 0 aliphatic carbocycles. The molecule has 4 nitrogen and oxygen atoms in total. The number of rotatable bonds is 4. The minimum atomic E-state index is -0.0363. The van der Waals surface area contributed by atoms with Gasteiger partial charge in [-0.15, -0.1) is 0 Å². The third kappa shape index (κ3) is 3.37. The summed E-state index contributed by atoms with van der Waals surface area (Å²) in [6.45, 7) is 2.10. The summed E-state index contributed by atoms with van der Waals surface area (Å²) in [6, 6.07) is 27.0. The Morgan fingerprint density at radius 2 is 1.70 bits per heavy atom. The molecule has 1 N–H and O–H groups in total. The molecule has 1 aliphatic heterocycles. The molecule has 2 aromatic carbocycles. The Kier molecular flexibility index (Phi) is 4.81. The predicted octanol–water partition coefficient (Wildman–Crippen LogP) is 5.36. The zero-order valence-electron chi connectivity index (χ0n) is 16.6. The molecule has 0 spiro atoms. The Morgan fingerprint density at radius 1 is 0.900 bits per heavy atom. The van der Waals surface area contributed by atoms with E-state index in [0.717, 1.165) is 17.1 Å². The Hall–Kier alpha value is -3.44. The summed E-state index contributed by atoms with van der Waals surface area (Å²) in [4.78, 5) is 6.84. The highest BCUT2D eigenvalue weighted by Gasteiger charge is 2.41. The van der Waals surface area contributed by atoms with Crippen LogP contribution < -0.4 is 10.2 Å². The van der Waals surface area contributed by atoms with Gasteiger partial charge in [-0.2, -0.15) is 0 Å². The molecule has 5 heteroatoms. The summed E-state index contributed by atoms with van der Waals surface area (Å²) >= 11 is 5.80. The van der Waals surface area contributed by atoms with Crippen molar-refractivity contribution in [1.82, 2.24) is 14.9 Å². The third-order valence-corrected chi connectivity index (χ3v) is 5.80. The Labute approximate surface area is 181 Å². The van der Waals surface area contributed by atoms with Crippen LogP contribution in [0, 0.1) is 6.92 Å². The Morgan fingerprint density at radius 3 is 2.47 bits per heavy atom. The largest absolute Gasteiger partial charge is 0.351 e. The highest BCUT2D eigenvalue weighted by atomic mass is 32.1. The molecule has 3 heterocycles. The second-order valence-corrected chi connectivity index (χ2v) is 7.91. The second-order valence-electron chi connectivity index (χ2n) is 7.52. The van der Waals surface area contributed by atoms with E-state index in [4.69, 9.17) is 12.2 Å². The molecule has 0 radical (unpaired) electrons. The van der Waals surface area contributed by atoms with Gasteiger partial charge in [-0.1, -0.05) is 36.4 Å². The molecule has 5 rings (SSSR count). The maximum absolute atomic E-state index is 5.80. The molecule has 2 unspecified atom stereocenters. The first kappa shape index (κ1) is 18.6. The fraction of sp³-hybridized carbons (Fsp3) is 0.120. The van der Waals surface area contributed by atoms with Crippen molar-refractivity contribution in [2.24, 2.45) is 0 Å². The number of aryl methyl sites for hydroxylation is 1. The van der Waals surface area contributed by atoms with Crippen LogP contribution >= 0.6 is 12.2 Å². The summed E-state index contributed by atoms with van der Waals surface area (Å²) < 4.78 is 2.15. The number of hydrogen-bond donors (Lipinski definition) is 1. The van der Waals surface area contributed by atoms with Gasteiger partial charge in [-0.05, 0) is 72.7 Å². The number of nitrogens with one attached hydrogen (secondary N) is 1. The highest BCUT2D eigenvalue weighted by Crippen LogP contribution is 2.41. The number of anilines is 1. The molecule has 2 atom stereocenters. The van der Waals surface area contributed by atoms with Crippen LogP contribution in [0.15, 0.2) is 97.5 Å². The van der Waals surface area contributed by atoms with Crippen LogP contribution in [-0.4, -0.2) is 14.7 Å². The lowest BCUT2D eigenvalue weighted by Crippen LogP contribution is -2.29. The van der Waals surface area contributed by atoms with E-state index in [1.54, 1.807) is 0 Å². The van der Waals surface area contributed by atoms with Crippen molar-refractivity contribution in [3.05, 3.63) is 114 Å². The minimum Gasteiger partial charge on any atom is -0.351 e. The highest BCUT2D eigenvalue weighted by molar-refractivity contribution is 7.80. The van der Waals surface area contributed by atoms with Crippen molar-refractivity contribution in [3.8, 4) is 5.69 Å². The molecule has 30 heavy (non-hydrogen) atoms. The maximum atomic E-state index is 5.80. The monoisotopic (exact) mass is 410 g/mol. The first-order valence-electron chi connectivity index (χ1n) is 10.0. The van der Waals surface area contributed by atoms with E-state index in [0.29, 0.717) is 5.11 Å². The van der Waals surface area contributed by atoms with Crippen LogP contribution in [0.2, 0.25) is 0 Å². The van der Waals surface area contributed by atoms with Crippen LogP contribution in [0.4, 0.5) is 5.69 Å². The lowest BCUT2D eigenvalue weighted by atomic mass is 9.98. The van der Waals surface area contributed by atoms with E-state index in [1.807, 2.05) is 24.4 Å². The molecule has 1 saturated heterocycles. The second kappa shape index (κ2) is 7.76. The van der Waals surface area contributed by atoms with Crippen LogP contribution in [0.3, 0.4) is 0 Å². The molecule has 148 valence electrons. The van der Waals surface area contributed by atoms with Gasteiger partial charge >= 0.3 is 0 Å². The number of para-hydroxylation sites is 1. The quantitative estimate of drug-likeness (QED) is 0.459. The van der Waals surface area contributed by atoms with Crippen LogP contribution in [0.1, 0.15) is 28.9 Å². The van der Waals surface area contributed by atoms with Crippen molar-refractivity contribution >= 4 is 23.0 Å². The van der Waals surface area contributed by atoms with E-state index in [2.05, 4.69) is 99.7 Å². The van der Waals surface area contributed by atoms with E-state index < -0.39 is 0 Å². The van der Waals surface area contributed by atoms with Gasteiger partial charge in [0.1, 0.15) is 0 Å². The summed E-state index contributed by atoms with van der Waals surface area (Å²) in [5, 5.41) is 4.24. The van der Waals surface area contributed by atoms with E-state index in [9.17, 15) is 0 Å². The van der Waals surface area contributed by atoms with Gasteiger partial charge in [0.25, 0.3) is 0 Å². The van der Waals surface area contributed by atoms with Crippen molar-refractivity contribution in [1.29, 1.82) is 0 Å². The molecular weight excluding hydrogens is 388 g/mol. The van der Waals surface area contributed by atoms with Crippen molar-refractivity contribution in [3.63, 3.8) is 0 Å². The number of hydrogen-bond acceptors (Lipinski definition) is 2. The fourth-order valence-electron chi connectivity index (χ4n) is 4.10. The first-order valence-corrected chi connectivity index (χ1v) is 10.4. The molecule has 0 saturated carbocycles. The minimum absolute atomic E-state index is 0.000776. The van der Waals surface area contributed by atoms with Gasteiger partial charge in [0.15, 0.2) is 5.11 Å². The summed E-state index contributed by atoms with van der Waals surface area (Å²) in [6.07, 6.45) is 6.13. The third-order valence-electron chi connectivity index (χ3n) is 5.49. The van der Waals surface area contributed by atoms with Gasteiger partial charge in [0.05, 0.1) is 17.8 Å². The van der Waals surface area contributed by atoms with Gasteiger partial charge in [-0.3, -0.25) is 4.98 Å². The van der Waals surface area contributed by atoms with E-state index in [-0.39, 0.29) is 12.1 Å². The average molecular weight is 411 g/mol. The van der Waals surface area contributed by atoms with E-state index in [1.165, 1.54) is 11.1 Å². The van der Waals surface area contributed by atoms with Crippen molar-refractivity contribution < 1.29 is 0 Å². The lowest BCUT2D eigenvalue weighted by molar-refractivity contribution is 0.568.